The summed E-state index contributed by atoms with van der Waals surface area (Å²) in [5.41, 5.74) is 1.82. The molecule has 0 unspecified atom stereocenters. The van der Waals surface area contributed by atoms with Crippen LogP contribution in [0.25, 0.3) is 0 Å². The smallest absolute Gasteiger partial charge is 0.214 e. The number of piperazine rings is 1. The molecule has 0 N–H and O–H groups in total. The van der Waals surface area contributed by atoms with E-state index in [0.717, 1.165) is 11.3 Å². The van der Waals surface area contributed by atoms with Gasteiger partial charge in [-0.25, -0.2) is 8.42 Å². The van der Waals surface area contributed by atoms with Crippen molar-refractivity contribution in [2.24, 2.45) is 0 Å². The number of halogens is 2. The molecule has 2 aromatic carbocycles. The third-order valence-corrected chi connectivity index (χ3v) is 6.86. The van der Waals surface area contributed by atoms with Crippen LogP contribution in [0.2, 0.25) is 10.0 Å². The second kappa shape index (κ2) is 7.96. The predicted octanol–water partition coefficient (Wildman–Crippen LogP) is 3.69. The number of hydrogen-bond donors (Lipinski definition) is 0. The Bertz CT molecular complexity index is 800. The second-order valence-electron chi connectivity index (χ2n) is 6.01. The maximum Gasteiger partial charge on any atom is 0.214 e. The number of nitrogens with zero attached hydrogens (tertiary/aromatic N) is 2. The fourth-order valence-corrected chi connectivity index (χ4v) is 5.11. The Morgan fingerprint density at radius 2 is 1.44 bits per heavy atom. The molecule has 2 aromatic rings. The van der Waals surface area contributed by atoms with Crippen LogP contribution in [0, 0.1) is 0 Å². The molecule has 0 amide bonds. The average Bonchev–Trinajstić information content (AvgIpc) is 2.61. The van der Waals surface area contributed by atoms with Gasteiger partial charge >= 0.3 is 0 Å². The van der Waals surface area contributed by atoms with Gasteiger partial charge in [-0.05, 0) is 24.1 Å². The number of rotatable bonds is 5. The van der Waals surface area contributed by atoms with Gasteiger partial charge in [-0.3, -0.25) is 0 Å². The van der Waals surface area contributed by atoms with E-state index in [2.05, 4.69) is 0 Å². The normalized spacial score (nSPS) is 16.2. The molecule has 7 heteroatoms. The molecule has 0 aromatic heterocycles. The molecule has 134 valence electrons. The van der Waals surface area contributed by atoms with E-state index in [1.165, 1.54) is 0 Å². The molecule has 1 aliphatic heterocycles. The lowest BCUT2D eigenvalue weighted by atomic mass is 10.2. The molecule has 1 saturated heterocycles. The molecule has 25 heavy (non-hydrogen) atoms. The van der Waals surface area contributed by atoms with Crippen molar-refractivity contribution < 1.29 is 8.42 Å². The van der Waals surface area contributed by atoms with E-state index < -0.39 is 10.0 Å². The van der Waals surface area contributed by atoms with Crippen LogP contribution in [0.1, 0.15) is 5.56 Å². The number of anilines is 1. The van der Waals surface area contributed by atoms with Crippen LogP contribution in [0.3, 0.4) is 0 Å². The van der Waals surface area contributed by atoms with E-state index in [9.17, 15) is 8.42 Å². The highest BCUT2D eigenvalue weighted by molar-refractivity contribution is 7.89. The first-order valence-electron chi connectivity index (χ1n) is 8.18. The summed E-state index contributed by atoms with van der Waals surface area (Å²) >= 11 is 12.5. The van der Waals surface area contributed by atoms with Gasteiger partial charge in [0.2, 0.25) is 10.0 Å². The molecule has 3 rings (SSSR count). The van der Waals surface area contributed by atoms with Crippen molar-refractivity contribution in [2.75, 3.05) is 36.8 Å². The minimum Gasteiger partial charge on any atom is -0.366 e. The van der Waals surface area contributed by atoms with Crippen LogP contribution in [0.5, 0.6) is 0 Å². The fourth-order valence-electron chi connectivity index (χ4n) is 3.00. The maximum absolute atomic E-state index is 12.6. The summed E-state index contributed by atoms with van der Waals surface area (Å²) in [4.78, 5) is 2.05. The lowest BCUT2D eigenvalue weighted by Gasteiger charge is -2.36. The number of benzene rings is 2. The van der Waals surface area contributed by atoms with Crippen LogP contribution < -0.4 is 4.90 Å². The fraction of sp³-hybridized carbons (Fsp3) is 0.333. The zero-order valence-electron chi connectivity index (χ0n) is 13.7. The van der Waals surface area contributed by atoms with Crippen LogP contribution >= 0.6 is 23.2 Å². The van der Waals surface area contributed by atoms with E-state index in [-0.39, 0.29) is 5.75 Å². The summed E-state index contributed by atoms with van der Waals surface area (Å²) < 4.78 is 26.7. The van der Waals surface area contributed by atoms with Crippen molar-refractivity contribution in [1.82, 2.24) is 4.31 Å². The Morgan fingerprint density at radius 3 is 2.04 bits per heavy atom. The molecule has 1 heterocycles. The largest absolute Gasteiger partial charge is 0.366 e. The summed E-state index contributed by atoms with van der Waals surface area (Å²) in [6.07, 6.45) is 0.528. The molecule has 0 bridgehead atoms. The minimum atomic E-state index is -3.27. The van der Waals surface area contributed by atoms with Crippen molar-refractivity contribution in [2.45, 2.75) is 6.42 Å². The number of para-hydroxylation sites is 1. The molecule has 0 atom stereocenters. The quantitative estimate of drug-likeness (QED) is 0.770. The van der Waals surface area contributed by atoms with Crippen molar-refractivity contribution >= 4 is 38.9 Å². The predicted molar refractivity (Wildman–Crippen MR) is 104 cm³/mol. The zero-order chi connectivity index (χ0) is 17.9. The van der Waals surface area contributed by atoms with Gasteiger partial charge in [0.25, 0.3) is 0 Å². The van der Waals surface area contributed by atoms with Gasteiger partial charge in [0, 0.05) is 26.2 Å². The van der Waals surface area contributed by atoms with Crippen LogP contribution in [-0.2, 0) is 16.4 Å². The first-order valence-corrected chi connectivity index (χ1v) is 10.5. The third-order valence-electron chi connectivity index (χ3n) is 4.38. The molecule has 0 spiro atoms. The van der Waals surface area contributed by atoms with Crippen molar-refractivity contribution in [3.63, 3.8) is 0 Å². The minimum absolute atomic E-state index is 0.129. The number of hydrogen-bond acceptors (Lipinski definition) is 3. The van der Waals surface area contributed by atoms with Crippen LogP contribution in [0.15, 0.2) is 48.5 Å². The monoisotopic (exact) mass is 398 g/mol. The Hall–Kier alpha value is -1.27. The molecule has 1 aliphatic rings. The molecule has 0 aliphatic carbocycles. The molecule has 4 nitrogen and oxygen atoms in total. The third kappa shape index (κ3) is 4.47. The highest BCUT2D eigenvalue weighted by Crippen LogP contribution is 2.34. The van der Waals surface area contributed by atoms with Crippen LogP contribution in [-0.4, -0.2) is 44.7 Å². The average molecular weight is 399 g/mol. The highest BCUT2D eigenvalue weighted by Gasteiger charge is 2.28. The second-order valence-corrected chi connectivity index (χ2v) is 8.91. The molecule has 0 radical (unpaired) electrons. The lowest BCUT2D eigenvalue weighted by Crippen LogP contribution is -2.49. The summed E-state index contributed by atoms with van der Waals surface area (Å²) in [5.74, 6) is 0.129. The standard InChI is InChI=1S/C18H20Cl2N2O2S/c19-16-7-4-8-17(20)18(16)21-10-12-22(13-11-21)25(23,24)14-9-15-5-2-1-3-6-15/h1-8H,9-14H2. The van der Waals surface area contributed by atoms with Gasteiger partial charge < -0.3 is 4.90 Å². The molecule has 1 fully saturated rings. The summed E-state index contributed by atoms with van der Waals surface area (Å²) in [5, 5.41) is 1.18. The Labute approximate surface area is 159 Å². The van der Waals surface area contributed by atoms with Gasteiger partial charge in [0.05, 0.1) is 21.5 Å². The number of aryl methyl sites for hydroxylation is 1. The summed E-state index contributed by atoms with van der Waals surface area (Å²) in [7, 11) is -3.27. The van der Waals surface area contributed by atoms with Crippen molar-refractivity contribution in [3.8, 4) is 0 Å². The van der Waals surface area contributed by atoms with Gasteiger partial charge in [-0.1, -0.05) is 59.6 Å². The lowest BCUT2D eigenvalue weighted by molar-refractivity contribution is 0.385. The summed E-state index contributed by atoms with van der Waals surface area (Å²) in [6, 6.07) is 15.1. The highest BCUT2D eigenvalue weighted by atomic mass is 35.5. The first kappa shape index (κ1) is 18.5. The van der Waals surface area contributed by atoms with E-state index in [4.69, 9.17) is 23.2 Å². The van der Waals surface area contributed by atoms with Gasteiger partial charge in [0.15, 0.2) is 0 Å². The van der Waals surface area contributed by atoms with E-state index in [1.54, 1.807) is 22.5 Å². The van der Waals surface area contributed by atoms with Crippen molar-refractivity contribution in [1.29, 1.82) is 0 Å². The van der Waals surface area contributed by atoms with Gasteiger partial charge in [-0.15, -0.1) is 0 Å². The van der Waals surface area contributed by atoms with Gasteiger partial charge in [0.1, 0.15) is 0 Å². The topological polar surface area (TPSA) is 40.6 Å². The van der Waals surface area contributed by atoms with E-state index >= 15 is 0 Å². The van der Waals surface area contributed by atoms with E-state index in [0.29, 0.717) is 42.6 Å². The van der Waals surface area contributed by atoms with Gasteiger partial charge in [-0.2, -0.15) is 4.31 Å². The summed E-state index contributed by atoms with van der Waals surface area (Å²) in [6.45, 7) is 2.04. The molecule has 0 saturated carbocycles. The Morgan fingerprint density at radius 1 is 0.840 bits per heavy atom. The van der Waals surface area contributed by atoms with Crippen LogP contribution in [0.4, 0.5) is 5.69 Å². The molecular formula is C18H20Cl2N2O2S. The van der Waals surface area contributed by atoms with E-state index in [1.807, 2.05) is 35.2 Å². The Balaban J connectivity index is 1.61. The Kier molecular flexibility index (Phi) is 5.89. The van der Waals surface area contributed by atoms with Crippen molar-refractivity contribution in [3.05, 3.63) is 64.1 Å². The maximum atomic E-state index is 12.6. The molecular weight excluding hydrogens is 379 g/mol. The first-order chi connectivity index (χ1) is 12.0. The number of sulfonamides is 1. The SMILES string of the molecule is O=S(=O)(CCc1ccccc1)N1CCN(c2c(Cl)cccc2Cl)CC1. The zero-order valence-corrected chi connectivity index (χ0v) is 16.1.